The number of nitrogens with one attached hydrogen (secondary N) is 1. The third-order valence-corrected chi connectivity index (χ3v) is 6.44. The van der Waals surface area contributed by atoms with Gasteiger partial charge in [0.2, 0.25) is 0 Å². The number of anilines is 1. The first kappa shape index (κ1) is 23.5. The fourth-order valence-electron chi connectivity index (χ4n) is 3.61. The lowest BCUT2D eigenvalue weighted by atomic mass is 9.96. The van der Waals surface area contributed by atoms with Gasteiger partial charge in [0.25, 0.3) is 5.56 Å². The monoisotopic (exact) mass is 497 g/mol. The van der Waals surface area contributed by atoms with Crippen LogP contribution >= 0.6 is 22.9 Å². The van der Waals surface area contributed by atoms with Crippen LogP contribution in [-0.2, 0) is 9.53 Å². The molecule has 0 saturated carbocycles. The fourth-order valence-corrected chi connectivity index (χ4v) is 4.71. The Morgan fingerprint density at radius 2 is 1.88 bits per heavy atom. The molecule has 0 bridgehead atoms. The van der Waals surface area contributed by atoms with Gasteiger partial charge in [-0.25, -0.2) is 14.6 Å². The Bertz CT molecular complexity index is 1470. The van der Waals surface area contributed by atoms with Crippen molar-refractivity contribution in [3.63, 3.8) is 0 Å². The molecule has 0 amide bonds. The van der Waals surface area contributed by atoms with Crippen LogP contribution in [0, 0.1) is 0 Å². The Labute approximate surface area is 203 Å². The number of fused-ring (bicyclic) bond motifs is 1. The van der Waals surface area contributed by atoms with Gasteiger partial charge in [0.05, 0.1) is 29.5 Å². The number of nitrogens with zero attached hydrogens (tertiary/aromatic N) is 2. The van der Waals surface area contributed by atoms with E-state index in [0.717, 1.165) is 0 Å². The smallest absolute Gasteiger partial charge is 0.338 e. The molecule has 0 aliphatic carbocycles. The average molecular weight is 498 g/mol. The van der Waals surface area contributed by atoms with E-state index < -0.39 is 18.0 Å². The topological polar surface area (TPSA) is 110 Å². The number of hydrogen-bond donors (Lipinski definition) is 2. The van der Waals surface area contributed by atoms with E-state index in [0.29, 0.717) is 36.9 Å². The number of carboxylic acid groups (broad SMARTS) is 1. The number of esters is 1. The maximum absolute atomic E-state index is 13.4. The van der Waals surface area contributed by atoms with Crippen LogP contribution in [0.25, 0.3) is 6.20 Å². The third-order valence-electron chi connectivity index (χ3n) is 5.20. The SMILES string of the molecule is CCOC(=O)C1=C(C)N=c2s/c(=C/Nc3ccc(C(=O)O)cc3)c(=O)n2[C@@H]1c1ccc(Cl)cc1. The second-order valence-corrected chi connectivity index (χ2v) is 8.83. The number of allylic oxidation sites excluding steroid dienone is 1. The molecule has 0 saturated heterocycles. The van der Waals surface area contributed by atoms with Crippen molar-refractivity contribution in [2.45, 2.75) is 19.9 Å². The predicted molar refractivity (Wildman–Crippen MR) is 130 cm³/mol. The van der Waals surface area contributed by atoms with Gasteiger partial charge >= 0.3 is 11.9 Å². The molecule has 0 unspecified atom stereocenters. The van der Waals surface area contributed by atoms with Crippen molar-refractivity contribution in [1.82, 2.24) is 4.57 Å². The lowest BCUT2D eigenvalue weighted by Crippen LogP contribution is -2.40. The van der Waals surface area contributed by atoms with Crippen LogP contribution in [0.1, 0.15) is 35.8 Å². The summed E-state index contributed by atoms with van der Waals surface area (Å²) in [6.45, 7) is 3.63. The zero-order chi connectivity index (χ0) is 24.4. The first-order valence-corrected chi connectivity index (χ1v) is 11.5. The van der Waals surface area contributed by atoms with E-state index in [4.69, 9.17) is 21.4 Å². The van der Waals surface area contributed by atoms with Gasteiger partial charge in [0.1, 0.15) is 4.53 Å². The quantitative estimate of drug-likeness (QED) is 0.506. The summed E-state index contributed by atoms with van der Waals surface area (Å²) in [5.41, 5.74) is 1.92. The summed E-state index contributed by atoms with van der Waals surface area (Å²) in [5.74, 6) is -1.55. The number of carbonyl (C=O) groups is 2. The molecular weight excluding hydrogens is 478 g/mol. The Morgan fingerprint density at radius 3 is 2.50 bits per heavy atom. The van der Waals surface area contributed by atoms with Gasteiger partial charge in [-0.1, -0.05) is 35.1 Å². The molecule has 2 aromatic carbocycles. The average Bonchev–Trinajstić information content (AvgIpc) is 3.12. The molecule has 1 aliphatic heterocycles. The summed E-state index contributed by atoms with van der Waals surface area (Å²) in [4.78, 5) is 42.3. The van der Waals surface area contributed by atoms with E-state index in [2.05, 4.69) is 10.3 Å². The lowest BCUT2D eigenvalue weighted by Gasteiger charge is -2.24. The molecule has 1 atom stereocenters. The highest BCUT2D eigenvalue weighted by Crippen LogP contribution is 2.31. The molecule has 0 fully saturated rings. The summed E-state index contributed by atoms with van der Waals surface area (Å²) < 4.78 is 7.12. The number of carboxylic acids is 1. The number of thiazole rings is 1. The van der Waals surface area contributed by atoms with Gasteiger partial charge in [-0.2, -0.15) is 0 Å². The van der Waals surface area contributed by atoms with Crippen molar-refractivity contribution in [2.24, 2.45) is 4.99 Å². The lowest BCUT2D eigenvalue weighted by molar-refractivity contribution is -0.139. The van der Waals surface area contributed by atoms with Crippen molar-refractivity contribution in [2.75, 3.05) is 11.9 Å². The van der Waals surface area contributed by atoms with E-state index in [-0.39, 0.29) is 17.7 Å². The number of rotatable bonds is 6. The molecule has 1 aliphatic rings. The molecule has 4 rings (SSSR count). The normalized spacial score (nSPS) is 15.5. The van der Waals surface area contributed by atoms with Crippen molar-refractivity contribution in [3.05, 3.63) is 95.6 Å². The van der Waals surface area contributed by atoms with Gasteiger partial charge in [-0.05, 0) is 55.8 Å². The third kappa shape index (κ3) is 4.52. The van der Waals surface area contributed by atoms with Gasteiger partial charge < -0.3 is 15.2 Å². The van der Waals surface area contributed by atoms with Crippen molar-refractivity contribution in [3.8, 4) is 0 Å². The molecule has 0 radical (unpaired) electrons. The molecule has 174 valence electrons. The first-order valence-electron chi connectivity index (χ1n) is 10.3. The molecule has 10 heteroatoms. The molecule has 0 spiro atoms. The Kier molecular flexibility index (Phi) is 6.67. The Balaban J connectivity index is 1.81. The van der Waals surface area contributed by atoms with Crippen LogP contribution < -0.4 is 20.2 Å². The molecule has 1 aromatic heterocycles. The predicted octanol–water partition coefficient (Wildman–Crippen LogP) is 3.17. The molecule has 2 N–H and O–H groups in total. The number of halogens is 1. The van der Waals surface area contributed by atoms with Crippen LogP contribution in [0.5, 0.6) is 0 Å². The van der Waals surface area contributed by atoms with E-state index >= 15 is 0 Å². The first-order chi connectivity index (χ1) is 16.3. The maximum atomic E-state index is 13.4. The highest BCUT2D eigenvalue weighted by molar-refractivity contribution is 7.07. The van der Waals surface area contributed by atoms with Gasteiger partial charge in [0.15, 0.2) is 4.80 Å². The number of carbonyl (C=O) groups excluding carboxylic acids is 1. The zero-order valence-electron chi connectivity index (χ0n) is 18.2. The molecular formula is C24H20ClN3O5S. The number of benzene rings is 2. The standard InChI is InChI=1S/C24H20ClN3O5S/c1-3-33-23(32)19-13(2)27-24-28(20(19)14-4-8-16(25)9-5-14)21(29)18(34-24)12-26-17-10-6-15(7-11-17)22(30)31/h4-12,20,26H,3H2,1-2H3,(H,30,31)/b18-12+/t20-/m1/s1. The summed E-state index contributed by atoms with van der Waals surface area (Å²) >= 11 is 7.24. The second-order valence-electron chi connectivity index (χ2n) is 7.38. The van der Waals surface area contributed by atoms with E-state index in [9.17, 15) is 14.4 Å². The molecule has 3 aromatic rings. The van der Waals surface area contributed by atoms with Crippen LogP contribution in [0.15, 0.2) is 69.6 Å². The number of aromatic nitrogens is 1. The molecule has 2 heterocycles. The van der Waals surface area contributed by atoms with Crippen LogP contribution in [-0.4, -0.2) is 28.2 Å². The summed E-state index contributed by atoms with van der Waals surface area (Å²) in [6, 6.07) is 12.4. The Morgan fingerprint density at radius 1 is 1.21 bits per heavy atom. The Hall–Kier alpha value is -3.69. The minimum atomic E-state index is -1.02. The minimum Gasteiger partial charge on any atom is -0.478 e. The van der Waals surface area contributed by atoms with E-state index in [1.807, 2.05) is 0 Å². The highest BCUT2D eigenvalue weighted by atomic mass is 35.5. The zero-order valence-corrected chi connectivity index (χ0v) is 19.8. The summed E-state index contributed by atoms with van der Waals surface area (Å²) in [6.07, 6.45) is 1.54. The van der Waals surface area contributed by atoms with Gasteiger partial charge in [0, 0.05) is 16.9 Å². The van der Waals surface area contributed by atoms with Crippen molar-refractivity contribution in [1.29, 1.82) is 0 Å². The van der Waals surface area contributed by atoms with Crippen LogP contribution in [0.4, 0.5) is 5.69 Å². The minimum absolute atomic E-state index is 0.162. The van der Waals surface area contributed by atoms with Crippen LogP contribution in [0.3, 0.4) is 0 Å². The number of hydrogen-bond acceptors (Lipinski definition) is 7. The largest absolute Gasteiger partial charge is 0.478 e. The fraction of sp³-hybridized carbons (Fsp3) is 0.167. The summed E-state index contributed by atoms with van der Waals surface area (Å²) in [5, 5.41) is 12.6. The molecule has 8 nitrogen and oxygen atoms in total. The number of aromatic carboxylic acids is 1. The van der Waals surface area contributed by atoms with Crippen molar-refractivity contribution >= 4 is 46.8 Å². The van der Waals surface area contributed by atoms with Gasteiger partial charge in [-0.3, -0.25) is 9.36 Å². The molecule has 34 heavy (non-hydrogen) atoms. The van der Waals surface area contributed by atoms with Crippen molar-refractivity contribution < 1.29 is 19.4 Å². The van der Waals surface area contributed by atoms with Crippen LogP contribution in [0.2, 0.25) is 5.02 Å². The van der Waals surface area contributed by atoms with Gasteiger partial charge in [-0.15, -0.1) is 0 Å². The van der Waals surface area contributed by atoms with E-state index in [1.165, 1.54) is 28.0 Å². The maximum Gasteiger partial charge on any atom is 0.338 e. The number of ether oxygens (including phenoxy) is 1. The van der Waals surface area contributed by atoms with E-state index in [1.54, 1.807) is 56.4 Å². The summed E-state index contributed by atoms with van der Waals surface area (Å²) in [7, 11) is 0. The second kappa shape index (κ2) is 9.66. The highest BCUT2D eigenvalue weighted by Gasteiger charge is 2.33.